The molecule has 4 rings (SSSR count). The Bertz CT molecular complexity index is 937. The Kier molecular flexibility index (Phi) is 4.69. The van der Waals surface area contributed by atoms with Crippen LogP contribution in [-0.4, -0.2) is 24.9 Å². The van der Waals surface area contributed by atoms with Crippen molar-refractivity contribution in [3.8, 4) is 11.5 Å². The van der Waals surface area contributed by atoms with E-state index in [-0.39, 0.29) is 23.7 Å². The number of benzene rings is 2. The Hall–Kier alpha value is -3.41. The number of methoxy groups -OCH3 is 1. The predicted octanol–water partition coefficient (Wildman–Crippen LogP) is 3.37. The third-order valence-electron chi connectivity index (χ3n) is 5.14. The Morgan fingerprint density at radius 1 is 0.929 bits per heavy atom. The number of carbonyl (C=O) groups is 3. The number of imide groups is 1. The summed E-state index contributed by atoms with van der Waals surface area (Å²) < 4.78 is 10.6. The zero-order valence-electron chi connectivity index (χ0n) is 15.3. The van der Waals surface area contributed by atoms with Crippen molar-refractivity contribution in [3.05, 3.63) is 66.2 Å². The lowest BCUT2D eigenvalue weighted by molar-refractivity contribution is -0.122. The van der Waals surface area contributed by atoms with Gasteiger partial charge in [-0.15, -0.1) is 0 Å². The number of allylic oxidation sites excluding steroid dienone is 2. The molecule has 0 N–H and O–H groups in total. The Morgan fingerprint density at radius 3 is 2.14 bits per heavy atom. The van der Waals surface area contributed by atoms with Crippen molar-refractivity contribution in [1.82, 2.24) is 0 Å². The number of nitrogens with zero attached hydrogens (tertiary/aromatic N) is 1. The number of hydrogen-bond donors (Lipinski definition) is 0. The number of para-hydroxylation sites is 1. The molecule has 2 aromatic carbocycles. The molecule has 2 amide bonds. The lowest BCUT2D eigenvalue weighted by Crippen LogP contribution is -2.30. The van der Waals surface area contributed by atoms with Crippen LogP contribution in [0.4, 0.5) is 5.69 Å². The van der Waals surface area contributed by atoms with Gasteiger partial charge in [0.15, 0.2) is 0 Å². The fourth-order valence-electron chi connectivity index (χ4n) is 3.69. The maximum atomic E-state index is 12.6. The first-order valence-electron chi connectivity index (χ1n) is 9.08. The van der Waals surface area contributed by atoms with E-state index in [2.05, 4.69) is 0 Å². The normalized spacial score (nSPS) is 20.8. The number of rotatable bonds is 4. The third-order valence-corrected chi connectivity index (χ3v) is 5.14. The van der Waals surface area contributed by atoms with Crippen molar-refractivity contribution in [2.75, 3.05) is 12.0 Å². The van der Waals surface area contributed by atoms with Crippen LogP contribution in [0.15, 0.2) is 60.7 Å². The van der Waals surface area contributed by atoms with Gasteiger partial charge in [0.05, 0.1) is 24.6 Å². The van der Waals surface area contributed by atoms with Gasteiger partial charge in [0.2, 0.25) is 11.8 Å². The lowest BCUT2D eigenvalue weighted by Gasteiger charge is -2.15. The minimum atomic E-state index is -0.546. The highest BCUT2D eigenvalue weighted by Crippen LogP contribution is 2.38. The van der Waals surface area contributed by atoms with E-state index in [1.54, 1.807) is 48.5 Å². The Morgan fingerprint density at radius 2 is 1.54 bits per heavy atom. The minimum absolute atomic E-state index is 0.168. The summed E-state index contributed by atoms with van der Waals surface area (Å²) >= 11 is 0. The van der Waals surface area contributed by atoms with Crippen LogP contribution in [0.2, 0.25) is 0 Å². The summed E-state index contributed by atoms with van der Waals surface area (Å²) in [6, 6.07) is 13.2. The van der Waals surface area contributed by atoms with Crippen LogP contribution < -0.4 is 14.4 Å². The van der Waals surface area contributed by atoms with Crippen molar-refractivity contribution in [2.24, 2.45) is 11.8 Å². The molecule has 0 bridgehead atoms. The number of carbonyl (C=O) groups excluding carboxylic acids is 3. The van der Waals surface area contributed by atoms with Crippen molar-refractivity contribution in [3.63, 3.8) is 0 Å². The van der Waals surface area contributed by atoms with Gasteiger partial charge >= 0.3 is 5.97 Å². The second-order valence-electron chi connectivity index (χ2n) is 6.75. The third kappa shape index (κ3) is 3.07. The van der Waals surface area contributed by atoms with Crippen LogP contribution in [0.5, 0.6) is 11.5 Å². The van der Waals surface area contributed by atoms with Crippen LogP contribution in [-0.2, 0) is 9.59 Å². The molecule has 0 unspecified atom stereocenters. The molecule has 0 saturated carbocycles. The molecule has 2 atom stereocenters. The molecule has 1 aliphatic heterocycles. The molecule has 6 heteroatoms. The van der Waals surface area contributed by atoms with Crippen LogP contribution in [0.1, 0.15) is 23.2 Å². The molecule has 2 aliphatic rings. The Balaban J connectivity index is 1.51. The smallest absolute Gasteiger partial charge is 0.347 e. The van der Waals surface area contributed by atoms with Gasteiger partial charge in [-0.05, 0) is 49.2 Å². The van der Waals surface area contributed by atoms with Gasteiger partial charge < -0.3 is 9.47 Å². The molecule has 1 heterocycles. The highest BCUT2D eigenvalue weighted by atomic mass is 16.5. The summed E-state index contributed by atoms with van der Waals surface area (Å²) in [6.07, 6.45) is 5.10. The maximum Gasteiger partial charge on any atom is 0.347 e. The number of ether oxygens (including phenoxy) is 2. The van der Waals surface area contributed by atoms with Crippen molar-refractivity contribution < 1.29 is 23.9 Å². The molecule has 2 aromatic rings. The quantitative estimate of drug-likeness (QED) is 0.354. The van der Waals surface area contributed by atoms with Crippen LogP contribution in [0.25, 0.3) is 0 Å². The van der Waals surface area contributed by atoms with Gasteiger partial charge in [-0.1, -0.05) is 24.3 Å². The van der Waals surface area contributed by atoms with E-state index < -0.39 is 5.97 Å². The second kappa shape index (κ2) is 7.31. The number of fused-ring (bicyclic) bond motifs is 1. The maximum absolute atomic E-state index is 12.6. The zero-order chi connectivity index (χ0) is 19.7. The highest BCUT2D eigenvalue weighted by Gasteiger charge is 2.47. The predicted molar refractivity (Wildman–Crippen MR) is 102 cm³/mol. The molecule has 0 aromatic heterocycles. The van der Waals surface area contributed by atoms with E-state index in [4.69, 9.17) is 9.47 Å². The molecular weight excluding hydrogens is 358 g/mol. The van der Waals surface area contributed by atoms with Crippen LogP contribution >= 0.6 is 0 Å². The highest BCUT2D eigenvalue weighted by molar-refractivity contribution is 6.22. The summed E-state index contributed by atoms with van der Waals surface area (Å²) in [6.45, 7) is 0. The molecule has 6 nitrogen and oxygen atoms in total. The first kappa shape index (κ1) is 18.0. The number of anilines is 1. The fraction of sp³-hybridized carbons (Fsp3) is 0.227. The van der Waals surface area contributed by atoms with E-state index in [1.807, 2.05) is 12.2 Å². The molecule has 0 spiro atoms. The average Bonchev–Trinajstić information content (AvgIpc) is 2.99. The van der Waals surface area contributed by atoms with Crippen LogP contribution in [0, 0.1) is 11.8 Å². The van der Waals surface area contributed by atoms with E-state index in [0.717, 1.165) is 0 Å². The van der Waals surface area contributed by atoms with Crippen molar-refractivity contribution in [1.29, 1.82) is 0 Å². The summed E-state index contributed by atoms with van der Waals surface area (Å²) in [5.41, 5.74) is 0.803. The number of hydrogen-bond acceptors (Lipinski definition) is 5. The van der Waals surface area contributed by atoms with Gasteiger partial charge in [0.1, 0.15) is 17.1 Å². The standard InChI is InChI=1S/C22H19NO5/c1-27-19-9-5-4-8-18(19)22(26)28-15-12-10-14(11-13-15)23-20(24)16-6-2-3-7-17(16)21(23)25/h2-5,8-13,16-17H,6-7H2,1H3/t16-,17-/m1/s1. The van der Waals surface area contributed by atoms with Gasteiger partial charge in [-0.3, -0.25) is 14.5 Å². The van der Waals surface area contributed by atoms with Crippen molar-refractivity contribution in [2.45, 2.75) is 12.8 Å². The molecule has 1 aliphatic carbocycles. The van der Waals surface area contributed by atoms with Gasteiger partial charge in [-0.25, -0.2) is 4.79 Å². The van der Waals surface area contributed by atoms with Gasteiger partial charge in [-0.2, -0.15) is 0 Å². The van der Waals surface area contributed by atoms with E-state index in [0.29, 0.717) is 35.6 Å². The summed E-state index contributed by atoms with van der Waals surface area (Å²) in [7, 11) is 1.48. The zero-order valence-corrected chi connectivity index (χ0v) is 15.3. The number of esters is 1. The topological polar surface area (TPSA) is 72.9 Å². The summed E-state index contributed by atoms with van der Waals surface area (Å²) in [5.74, 6) is -0.695. The van der Waals surface area contributed by atoms with Gasteiger partial charge in [0, 0.05) is 0 Å². The van der Waals surface area contributed by atoms with E-state index in [1.165, 1.54) is 12.0 Å². The van der Waals surface area contributed by atoms with E-state index >= 15 is 0 Å². The fourth-order valence-corrected chi connectivity index (χ4v) is 3.69. The minimum Gasteiger partial charge on any atom is -0.496 e. The second-order valence-corrected chi connectivity index (χ2v) is 6.75. The number of amides is 2. The summed E-state index contributed by atoms with van der Waals surface area (Å²) in [5, 5.41) is 0. The monoisotopic (exact) mass is 377 g/mol. The SMILES string of the molecule is COc1ccccc1C(=O)Oc1ccc(N2C(=O)[C@@H]3CC=CC[C@H]3C2=O)cc1. The van der Waals surface area contributed by atoms with E-state index in [9.17, 15) is 14.4 Å². The molecule has 142 valence electrons. The largest absolute Gasteiger partial charge is 0.496 e. The molecule has 1 saturated heterocycles. The first-order valence-corrected chi connectivity index (χ1v) is 9.08. The average molecular weight is 377 g/mol. The van der Waals surface area contributed by atoms with Gasteiger partial charge in [0.25, 0.3) is 0 Å². The lowest BCUT2D eigenvalue weighted by atomic mass is 9.85. The van der Waals surface area contributed by atoms with Crippen LogP contribution in [0.3, 0.4) is 0 Å². The summed E-state index contributed by atoms with van der Waals surface area (Å²) in [4.78, 5) is 38.9. The molecule has 1 fully saturated rings. The molecule has 28 heavy (non-hydrogen) atoms. The van der Waals surface area contributed by atoms with Crippen molar-refractivity contribution >= 4 is 23.5 Å². The molecule has 0 radical (unpaired) electrons. The first-order chi connectivity index (χ1) is 13.6. The Labute approximate surface area is 162 Å². The molecular formula is C22H19NO5.